The zero-order valence-corrected chi connectivity index (χ0v) is 27.7. The number of Topliss-reactive ketones (excluding diaryl/α,β-unsaturated/α-hetero) is 2. The molecule has 2 aliphatic carbocycles. The molecule has 3 aromatic carbocycles. The van der Waals surface area contributed by atoms with Crippen LogP contribution < -0.4 is 10.1 Å². The Balaban J connectivity index is 1.45. The lowest BCUT2D eigenvalue weighted by molar-refractivity contribution is -0.120. The number of halogens is 1. The van der Waals surface area contributed by atoms with Crippen LogP contribution in [-0.2, 0) is 20.8 Å². The topological polar surface area (TPSA) is 75.7 Å². The number of para-hydroxylation sites is 1. The fourth-order valence-electron chi connectivity index (χ4n) is 7.25. The first-order valence-electron chi connectivity index (χ1n) is 16.0. The molecule has 0 atom stereocenters. The van der Waals surface area contributed by atoms with Gasteiger partial charge in [0.2, 0.25) is 0 Å². The number of carbonyl (C=O) groups is 3. The second-order valence-electron chi connectivity index (χ2n) is 14.3. The lowest BCUT2D eigenvalue weighted by Gasteiger charge is -2.49. The average Bonchev–Trinajstić information content (AvgIpc) is 2.99. The maximum Gasteiger partial charge on any atom is 0.262 e. The zero-order valence-electron chi connectivity index (χ0n) is 27.0. The van der Waals surface area contributed by atoms with Crippen LogP contribution in [0, 0.1) is 10.8 Å². The number of rotatable bonds is 8. The van der Waals surface area contributed by atoms with Crippen LogP contribution in [0.25, 0.3) is 0 Å². The monoisotopic (exact) mass is 636 g/mol. The molecule has 0 saturated carbocycles. The van der Waals surface area contributed by atoms with Crippen molar-refractivity contribution in [2.24, 2.45) is 10.8 Å². The maximum absolute atomic E-state index is 14.3. The highest BCUT2D eigenvalue weighted by Gasteiger charge is 2.49. The third-order valence-electron chi connectivity index (χ3n) is 9.19. The van der Waals surface area contributed by atoms with Crippen molar-refractivity contribution in [3.8, 4) is 5.75 Å². The van der Waals surface area contributed by atoms with Crippen molar-refractivity contribution < 1.29 is 19.1 Å². The average molecular weight is 637 g/mol. The van der Waals surface area contributed by atoms with E-state index < -0.39 is 5.92 Å². The van der Waals surface area contributed by atoms with Gasteiger partial charge in [-0.1, -0.05) is 87.8 Å². The minimum atomic E-state index is -0.629. The summed E-state index contributed by atoms with van der Waals surface area (Å²) in [6.45, 7) is 8.98. The van der Waals surface area contributed by atoms with Crippen LogP contribution in [-0.4, -0.2) is 35.5 Å². The number of anilines is 1. The summed E-state index contributed by atoms with van der Waals surface area (Å²) in [4.78, 5) is 43.7. The van der Waals surface area contributed by atoms with E-state index in [0.717, 1.165) is 17.8 Å². The maximum atomic E-state index is 14.3. The lowest BCUT2D eigenvalue weighted by atomic mass is 9.63. The Bertz CT molecular complexity index is 1690. The first-order valence-corrected chi connectivity index (χ1v) is 16.4. The lowest BCUT2D eigenvalue weighted by Crippen LogP contribution is -2.45. The predicted molar refractivity (Wildman–Crippen MR) is 182 cm³/mol. The van der Waals surface area contributed by atoms with E-state index in [9.17, 15) is 14.4 Å². The van der Waals surface area contributed by atoms with Crippen LogP contribution >= 0.6 is 11.6 Å². The molecule has 6 nitrogen and oxygen atoms in total. The van der Waals surface area contributed by atoms with Crippen LogP contribution in [0.3, 0.4) is 0 Å². The molecule has 1 aliphatic heterocycles. The van der Waals surface area contributed by atoms with Gasteiger partial charge in [-0.2, -0.15) is 0 Å². The third-order valence-corrected chi connectivity index (χ3v) is 9.42. The van der Waals surface area contributed by atoms with Crippen LogP contribution in [0.4, 0.5) is 5.69 Å². The standard InChI is InChI=1S/C39H41ClN2O4/c1-38(2)20-29-36(31(43)22-38)35(28-19-26(40)15-16-33(28)46-24-34(45)41-27-13-9-6-10-14-27)37-30(21-39(3,4)23-32(37)44)42(29)18-17-25-11-7-5-8-12-25/h5-16,19,35H,17-18,20-24H2,1-4H3,(H,41,45). The molecule has 0 radical (unpaired) electrons. The molecule has 0 unspecified atom stereocenters. The van der Waals surface area contributed by atoms with Crippen molar-refractivity contribution >= 4 is 34.8 Å². The summed E-state index contributed by atoms with van der Waals surface area (Å²) in [5, 5.41) is 3.33. The number of ketones is 2. The summed E-state index contributed by atoms with van der Waals surface area (Å²) < 4.78 is 6.17. The van der Waals surface area contributed by atoms with E-state index in [4.69, 9.17) is 16.3 Å². The van der Waals surface area contributed by atoms with Crippen LogP contribution in [0.15, 0.2) is 101 Å². The number of hydrogen-bond acceptors (Lipinski definition) is 5. The molecule has 7 heteroatoms. The van der Waals surface area contributed by atoms with E-state index >= 15 is 0 Å². The number of hydrogen-bond donors (Lipinski definition) is 1. The minimum Gasteiger partial charge on any atom is -0.483 e. The number of nitrogens with zero attached hydrogens (tertiary/aromatic N) is 1. The van der Waals surface area contributed by atoms with E-state index in [0.29, 0.717) is 65.4 Å². The van der Waals surface area contributed by atoms with Gasteiger partial charge in [0.05, 0.1) is 0 Å². The molecule has 0 aromatic heterocycles. The van der Waals surface area contributed by atoms with E-state index in [1.807, 2.05) is 48.5 Å². The number of carbonyl (C=O) groups excluding carboxylic acids is 3. The number of amides is 1. The Kier molecular flexibility index (Phi) is 8.68. The fourth-order valence-corrected chi connectivity index (χ4v) is 7.43. The van der Waals surface area contributed by atoms with Crippen molar-refractivity contribution in [1.29, 1.82) is 0 Å². The number of nitrogens with one attached hydrogen (secondary N) is 1. The molecule has 0 saturated heterocycles. The summed E-state index contributed by atoms with van der Waals surface area (Å²) >= 11 is 6.62. The quantitative estimate of drug-likeness (QED) is 0.269. The van der Waals surface area contributed by atoms with Gasteiger partial charge in [-0.05, 0) is 66.0 Å². The summed E-state index contributed by atoms with van der Waals surface area (Å²) in [6.07, 6.45) is 2.97. The summed E-state index contributed by atoms with van der Waals surface area (Å²) in [5.41, 5.74) is 5.32. The smallest absolute Gasteiger partial charge is 0.262 e. The van der Waals surface area contributed by atoms with Gasteiger partial charge in [0, 0.05) is 64.1 Å². The van der Waals surface area contributed by atoms with E-state index in [2.05, 4.69) is 50.0 Å². The van der Waals surface area contributed by atoms with Crippen LogP contribution in [0.1, 0.15) is 70.4 Å². The highest BCUT2D eigenvalue weighted by Crippen LogP contribution is 2.55. The Morgan fingerprint density at radius 2 is 1.39 bits per heavy atom. The molecule has 0 spiro atoms. The van der Waals surface area contributed by atoms with Crippen molar-refractivity contribution in [1.82, 2.24) is 4.90 Å². The molecule has 1 amide bonds. The van der Waals surface area contributed by atoms with Gasteiger partial charge < -0.3 is 15.0 Å². The molecule has 3 aromatic rings. The molecular weight excluding hydrogens is 596 g/mol. The highest BCUT2D eigenvalue weighted by molar-refractivity contribution is 6.30. The van der Waals surface area contributed by atoms with Crippen LogP contribution in [0.2, 0.25) is 5.02 Å². The molecule has 46 heavy (non-hydrogen) atoms. The van der Waals surface area contributed by atoms with E-state index in [-0.39, 0.29) is 34.9 Å². The Labute approximate surface area is 276 Å². The Morgan fingerprint density at radius 3 is 1.98 bits per heavy atom. The molecule has 3 aliphatic rings. The molecule has 1 N–H and O–H groups in total. The zero-order chi connectivity index (χ0) is 32.6. The number of benzene rings is 3. The van der Waals surface area contributed by atoms with Crippen molar-refractivity contribution in [3.63, 3.8) is 0 Å². The molecule has 0 fully saturated rings. The van der Waals surface area contributed by atoms with Crippen molar-refractivity contribution in [2.45, 2.75) is 65.7 Å². The molecule has 0 bridgehead atoms. The molecular formula is C39H41ClN2O4. The Morgan fingerprint density at radius 1 is 0.826 bits per heavy atom. The van der Waals surface area contributed by atoms with E-state index in [1.54, 1.807) is 18.2 Å². The van der Waals surface area contributed by atoms with E-state index in [1.165, 1.54) is 5.56 Å². The first kappa shape index (κ1) is 31.8. The summed E-state index contributed by atoms with van der Waals surface area (Å²) in [7, 11) is 0. The van der Waals surface area contributed by atoms with Gasteiger partial charge in [-0.25, -0.2) is 0 Å². The second kappa shape index (κ2) is 12.6. The number of ether oxygens (including phenoxy) is 1. The van der Waals surface area contributed by atoms with Gasteiger partial charge in [0.15, 0.2) is 18.2 Å². The third kappa shape index (κ3) is 6.68. The normalized spacial score (nSPS) is 19.1. The molecule has 238 valence electrons. The Hall–Kier alpha value is -4.16. The van der Waals surface area contributed by atoms with Gasteiger partial charge in [-0.3, -0.25) is 14.4 Å². The minimum absolute atomic E-state index is 0.0397. The highest BCUT2D eigenvalue weighted by atomic mass is 35.5. The SMILES string of the molecule is CC1(C)CC(=O)C2=C(C1)N(CCc1ccccc1)C1=C(C(=O)CC(C)(C)C1)C2c1cc(Cl)ccc1OCC(=O)Nc1ccccc1. The molecule has 6 rings (SSSR count). The second-order valence-corrected chi connectivity index (χ2v) is 14.7. The fraction of sp³-hybridized carbons (Fsp3) is 0.359. The van der Waals surface area contributed by atoms with Gasteiger partial charge in [0.25, 0.3) is 5.91 Å². The largest absolute Gasteiger partial charge is 0.483 e. The first-order chi connectivity index (χ1) is 21.9. The number of allylic oxidation sites excluding steroid dienone is 4. The molecule has 1 heterocycles. The van der Waals surface area contributed by atoms with Gasteiger partial charge in [-0.15, -0.1) is 0 Å². The van der Waals surface area contributed by atoms with Crippen LogP contribution in [0.5, 0.6) is 5.75 Å². The van der Waals surface area contributed by atoms with Crippen molar-refractivity contribution in [3.05, 3.63) is 118 Å². The van der Waals surface area contributed by atoms with Gasteiger partial charge >= 0.3 is 0 Å². The van der Waals surface area contributed by atoms with Gasteiger partial charge in [0.1, 0.15) is 5.75 Å². The summed E-state index contributed by atoms with van der Waals surface area (Å²) in [5.74, 6) is -0.426. The van der Waals surface area contributed by atoms with Crippen molar-refractivity contribution in [2.75, 3.05) is 18.5 Å². The summed E-state index contributed by atoms with van der Waals surface area (Å²) in [6, 6.07) is 24.8. The predicted octanol–water partition coefficient (Wildman–Crippen LogP) is 8.29.